The Kier molecular flexibility index (Phi) is 2.00. The molecule has 0 saturated carbocycles. The van der Waals surface area contributed by atoms with Crippen molar-refractivity contribution in [3.05, 3.63) is 21.6 Å². The molecule has 13 heavy (non-hydrogen) atoms. The van der Waals surface area contributed by atoms with Crippen LogP contribution in [0.2, 0.25) is 0 Å². The molecule has 4 heteroatoms. The van der Waals surface area contributed by atoms with Crippen LogP contribution < -0.4 is 10.9 Å². The zero-order valence-electron chi connectivity index (χ0n) is 8.05. The van der Waals surface area contributed by atoms with Gasteiger partial charge in [-0.15, -0.1) is 0 Å². The molecule has 1 aromatic heterocycles. The highest BCUT2D eigenvalue weighted by atomic mass is 16.1. The van der Waals surface area contributed by atoms with Crippen molar-refractivity contribution in [1.82, 2.24) is 15.1 Å². The van der Waals surface area contributed by atoms with Gasteiger partial charge in [0.15, 0.2) is 0 Å². The standard InChI is InChI=1S/C9H15N3O/c1-3-7-8-6(4-5-10-7)9(13)12(2)11-8/h7,10-11H,3-5H2,1-2H3. The van der Waals surface area contributed by atoms with Crippen LogP contribution >= 0.6 is 0 Å². The van der Waals surface area contributed by atoms with Crippen molar-refractivity contribution in [3.8, 4) is 0 Å². The lowest BCUT2D eigenvalue weighted by molar-refractivity contribution is 0.478. The molecule has 72 valence electrons. The van der Waals surface area contributed by atoms with E-state index in [0.717, 1.165) is 30.6 Å². The maximum absolute atomic E-state index is 11.6. The third kappa shape index (κ3) is 1.21. The van der Waals surface area contributed by atoms with E-state index in [1.165, 1.54) is 0 Å². The monoisotopic (exact) mass is 181 g/mol. The van der Waals surface area contributed by atoms with Crippen LogP contribution in [0, 0.1) is 0 Å². The maximum Gasteiger partial charge on any atom is 0.269 e. The van der Waals surface area contributed by atoms with Gasteiger partial charge in [0.1, 0.15) is 0 Å². The van der Waals surface area contributed by atoms with Gasteiger partial charge in [-0.05, 0) is 12.8 Å². The number of aromatic nitrogens is 2. The summed E-state index contributed by atoms with van der Waals surface area (Å²) < 4.78 is 1.57. The van der Waals surface area contributed by atoms with Crippen molar-refractivity contribution in [3.63, 3.8) is 0 Å². The van der Waals surface area contributed by atoms with Crippen molar-refractivity contribution in [2.75, 3.05) is 6.54 Å². The van der Waals surface area contributed by atoms with E-state index >= 15 is 0 Å². The summed E-state index contributed by atoms with van der Waals surface area (Å²) in [5.41, 5.74) is 2.18. The number of nitrogens with zero attached hydrogens (tertiary/aromatic N) is 1. The van der Waals surface area contributed by atoms with Gasteiger partial charge in [0.25, 0.3) is 5.56 Å². The lowest BCUT2D eigenvalue weighted by atomic mass is 10.0. The molecule has 4 nitrogen and oxygen atoms in total. The lowest BCUT2D eigenvalue weighted by Crippen LogP contribution is -2.31. The van der Waals surface area contributed by atoms with Crippen molar-refractivity contribution in [1.29, 1.82) is 0 Å². The Morgan fingerprint density at radius 3 is 3.08 bits per heavy atom. The molecule has 0 amide bonds. The molecule has 0 bridgehead atoms. The summed E-state index contributed by atoms with van der Waals surface area (Å²) in [6, 6.07) is 0.331. The van der Waals surface area contributed by atoms with Gasteiger partial charge in [0, 0.05) is 25.2 Å². The molecule has 1 atom stereocenters. The van der Waals surface area contributed by atoms with E-state index in [-0.39, 0.29) is 5.56 Å². The molecule has 0 fully saturated rings. The summed E-state index contributed by atoms with van der Waals surface area (Å²) in [6.07, 6.45) is 1.87. The number of aromatic amines is 1. The van der Waals surface area contributed by atoms with Crippen LogP contribution in [0.15, 0.2) is 4.79 Å². The third-order valence-electron chi connectivity index (χ3n) is 2.70. The first kappa shape index (κ1) is 8.56. The molecule has 2 N–H and O–H groups in total. The van der Waals surface area contributed by atoms with Gasteiger partial charge in [-0.1, -0.05) is 6.92 Å². The van der Waals surface area contributed by atoms with Gasteiger partial charge >= 0.3 is 0 Å². The van der Waals surface area contributed by atoms with E-state index in [1.807, 2.05) is 0 Å². The Balaban J connectivity index is 2.52. The summed E-state index contributed by atoms with van der Waals surface area (Å²) >= 11 is 0. The zero-order chi connectivity index (χ0) is 9.42. The Labute approximate surface area is 76.9 Å². The molecule has 2 heterocycles. The number of nitrogens with one attached hydrogen (secondary N) is 2. The summed E-state index contributed by atoms with van der Waals surface area (Å²) in [4.78, 5) is 11.6. The molecule has 2 rings (SSSR count). The maximum atomic E-state index is 11.6. The number of fused-ring (bicyclic) bond motifs is 1. The van der Waals surface area contributed by atoms with Crippen LogP contribution in [0.5, 0.6) is 0 Å². The second kappa shape index (κ2) is 3.03. The van der Waals surface area contributed by atoms with E-state index in [9.17, 15) is 4.79 Å². The number of rotatable bonds is 1. The molecule has 0 aliphatic carbocycles. The largest absolute Gasteiger partial charge is 0.308 e. The van der Waals surface area contributed by atoms with Crippen molar-refractivity contribution in [2.45, 2.75) is 25.8 Å². The predicted octanol–water partition coefficient (Wildman–Crippen LogP) is 0.310. The van der Waals surface area contributed by atoms with Crippen LogP contribution in [0.25, 0.3) is 0 Å². The Morgan fingerprint density at radius 1 is 1.62 bits per heavy atom. The van der Waals surface area contributed by atoms with E-state index < -0.39 is 0 Å². The molecule has 0 radical (unpaired) electrons. The Bertz CT molecular complexity index is 363. The fourth-order valence-corrected chi connectivity index (χ4v) is 1.97. The van der Waals surface area contributed by atoms with E-state index in [4.69, 9.17) is 0 Å². The molecule has 1 unspecified atom stereocenters. The lowest BCUT2D eigenvalue weighted by Gasteiger charge is -2.21. The summed E-state index contributed by atoms with van der Waals surface area (Å²) in [7, 11) is 1.77. The Hall–Kier alpha value is -1.03. The first-order chi connectivity index (χ1) is 6.24. The smallest absolute Gasteiger partial charge is 0.269 e. The zero-order valence-corrected chi connectivity index (χ0v) is 8.05. The summed E-state index contributed by atoms with van der Waals surface area (Å²) in [5, 5.41) is 6.49. The molecule has 0 aromatic carbocycles. The summed E-state index contributed by atoms with van der Waals surface area (Å²) in [5.74, 6) is 0. The normalized spacial score (nSPS) is 21.5. The fraction of sp³-hybridized carbons (Fsp3) is 0.667. The molecule has 1 aromatic rings. The third-order valence-corrected chi connectivity index (χ3v) is 2.70. The van der Waals surface area contributed by atoms with Gasteiger partial charge in [0.2, 0.25) is 0 Å². The minimum atomic E-state index is 0.134. The van der Waals surface area contributed by atoms with Crippen LogP contribution in [-0.4, -0.2) is 16.3 Å². The minimum absolute atomic E-state index is 0.134. The van der Waals surface area contributed by atoms with E-state index in [1.54, 1.807) is 11.7 Å². The van der Waals surface area contributed by atoms with Crippen LogP contribution in [-0.2, 0) is 13.5 Å². The number of hydrogen-bond acceptors (Lipinski definition) is 2. The highest BCUT2D eigenvalue weighted by Gasteiger charge is 2.23. The molecule has 1 aliphatic heterocycles. The van der Waals surface area contributed by atoms with Crippen molar-refractivity contribution in [2.24, 2.45) is 7.05 Å². The number of H-pyrrole nitrogens is 1. The molecule has 1 aliphatic rings. The first-order valence-corrected chi connectivity index (χ1v) is 4.75. The van der Waals surface area contributed by atoms with Gasteiger partial charge in [0.05, 0.1) is 5.69 Å². The van der Waals surface area contributed by atoms with Gasteiger partial charge < -0.3 is 5.32 Å². The number of aryl methyl sites for hydroxylation is 1. The van der Waals surface area contributed by atoms with E-state index in [2.05, 4.69) is 17.3 Å². The molecule has 0 spiro atoms. The topological polar surface area (TPSA) is 49.8 Å². The average Bonchev–Trinajstić information content (AvgIpc) is 2.43. The second-order valence-electron chi connectivity index (χ2n) is 3.53. The van der Waals surface area contributed by atoms with Gasteiger partial charge in [-0.3, -0.25) is 14.6 Å². The van der Waals surface area contributed by atoms with E-state index in [0.29, 0.717) is 6.04 Å². The van der Waals surface area contributed by atoms with Crippen molar-refractivity contribution >= 4 is 0 Å². The van der Waals surface area contributed by atoms with Crippen molar-refractivity contribution < 1.29 is 0 Å². The van der Waals surface area contributed by atoms with Gasteiger partial charge in [-0.2, -0.15) is 0 Å². The van der Waals surface area contributed by atoms with Gasteiger partial charge in [-0.25, -0.2) is 0 Å². The fourth-order valence-electron chi connectivity index (χ4n) is 1.97. The first-order valence-electron chi connectivity index (χ1n) is 4.75. The quantitative estimate of drug-likeness (QED) is 0.655. The molecular formula is C9H15N3O. The molecular weight excluding hydrogens is 166 g/mol. The molecule has 0 saturated heterocycles. The summed E-state index contributed by atoms with van der Waals surface area (Å²) in [6.45, 7) is 3.04. The number of hydrogen-bond donors (Lipinski definition) is 2. The minimum Gasteiger partial charge on any atom is -0.308 e. The van der Waals surface area contributed by atoms with Crippen LogP contribution in [0.4, 0.5) is 0 Å². The van der Waals surface area contributed by atoms with Crippen LogP contribution in [0.3, 0.4) is 0 Å². The predicted molar refractivity (Wildman–Crippen MR) is 50.8 cm³/mol. The van der Waals surface area contributed by atoms with Crippen LogP contribution in [0.1, 0.15) is 30.6 Å². The Morgan fingerprint density at radius 2 is 2.38 bits per heavy atom. The highest BCUT2D eigenvalue weighted by molar-refractivity contribution is 5.23. The highest BCUT2D eigenvalue weighted by Crippen LogP contribution is 2.20. The average molecular weight is 181 g/mol. The second-order valence-corrected chi connectivity index (χ2v) is 3.53. The SMILES string of the molecule is CCC1NCCc2c1[nH]n(C)c2=O.